The summed E-state index contributed by atoms with van der Waals surface area (Å²) in [6, 6.07) is 0. The molecule has 0 amide bonds. The van der Waals surface area contributed by atoms with Crippen LogP contribution in [0.3, 0.4) is 0 Å². The molecule has 0 aliphatic carbocycles. The highest BCUT2D eigenvalue weighted by molar-refractivity contribution is 5.83. The van der Waals surface area contributed by atoms with Crippen LogP contribution >= 0.6 is 0 Å². The molecule has 0 N–H and O–H groups in total. The van der Waals surface area contributed by atoms with Crippen LogP contribution in [0.25, 0.3) is 0 Å². The van der Waals surface area contributed by atoms with Crippen LogP contribution in [0.2, 0.25) is 0 Å². The molecule has 0 saturated heterocycles. The second-order valence-electron chi connectivity index (χ2n) is 2.76. The lowest BCUT2D eigenvalue weighted by Gasteiger charge is -2.17. The summed E-state index contributed by atoms with van der Waals surface area (Å²) in [5, 5.41) is 8.03. The maximum atomic E-state index is 4.11. The van der Waals surface area contributed by atoms with E-state index in [1.165, 1.54) is 0 Å². The number of allylic oxidation sites excluding steroid dienone is 2. The zero-order valence-electron chi connectivity index (χ0n) is 7.70. The van der Waals surface area contributed by atoms with E-state index in [1.807, 2.05) is 13.1 Å². The second kappa shape index (κ2) is 4.70. The highest BCUT2D eigenvalue weighted by Gasteiger charge is 2.03. The van der Waals surface area contributed by atoms with Crippen LogP contribution in [-0.4, -0.2) is 30.5 Å². The Kier molecular flexibility index (Phi) is 3.51. The standard InChI is InChI=1S/C9H15N3/c1-3-12(2)9-7-5-4-6-8-10-11-9/h4,6,8H,3,5,7H2,1-2H3. The molecule has 0 aromatic carbocycles. The summed E-state index contributed by atoms with van der Waals surface area (Å²) in [6.07, 6.45) is 7.81. The highest BCUT2D eigenvalue weighted by atomic mass is 15.3. The predicted octanol–water partition coefficient (Wildman–Crippen LogP) is 1.67. The van der Waals surface area contributed by atoms with Crippen molar-refractivity contribution in [1.29, 1.82) is 0 Å². The fraction of sp³-hybridized carbons (Fsp3) is 0.556. The van der Waals surface area contributed by atoms with E-state index in [4.69, 9.17) is 0 Å². The average Bonchev–Trinajstić information content (AvgIpc) is 2.02. The Morgan fingerprint density at radius 1 is 1.58 bits per heavy atom. The molecule has 3 heteroatoms. The second-order valence-corrected chi connectivity index (χ2v) is 2.76. The molecular weight excluding hydrogens is 150 g/mol. The molecule has 1 rings (SSSR count). The minimum Gasteiger partial charge on any atom is -0.362 e. The number of hydrogen-bond acceptors (Lipinski definition) is 3. The summed E-state index contributed by atoms with van der Waals surface area (Å²) in [7, 11) is 2.04. The van der Waals surface area contributed by atoms with Gasteiger partial charge in [-0.05, 0) is 19.4 Å². The summed E-state index contributed by atoms with van der Waals surface area (Å²) >= 11 is 0. The van der Waals surface area contributed by atoms with Gasteiger partial charge in [0.05, 0.1) is 0 Å². The molecule has 1 heterocycles. The molecule has 1 aliphatic heterocycles. The Morgan fingerprint density at radius 3 is 3.17 bits per heavy atom. The van der Waals surface area contributed by atoms with Gasteiger partial charge in [-0.3, -0.25) is 0 Å². The third-order valence-corrected chi connectivity index (χ3v) is 1.91. The van der Waals surface area contributed by atoms with Crippen LogP contribution in [0.5, 0.6) is 0 Å². The Balaban J connectivity index is 2.63. The van der Waals surface area contributed by atoms with Crippen molar-refractivity contribution in [3.63, 3.8) is 0 Å². The van der Waals surface area contributed by atoms with Crippen molar-refractivity contribution in [1.82, 2.24) is 4.90 Å². The van der Waals surface area contributed by atoms with E-state index in [0.29, 0.717) is 0 Å². The van der Waals surface area contributed by atoms with Crippen LogP contribution in [0.15, 0.2) is 22.4 Å². The zero-order chi connectivity index (χ0) is 8.81. The largest absolute Gasteiger partial charge is 0.362 e. The minimum atomic E-state index is 0.984. The van der Waals surface area contributed by atoms with E-state index in [9.17, 15) is 0 Å². The van der Waals surface area contributed by atoms with Crippen molar-refractivity contribution in [3.05, 3.63) is 12.2 Å². The van der Waals surface area contributed by atoms with Gasteiger partial charge in [0, 0.05) is 26.2 Å². The third kappa shape index (κ3) is 2.49. The molecule has 0 spiro atoms. The molecular formula is C9H15N3. The van der Waals surface area contributed by atoms with Crippen molar-refractivity contribution in [3.8, 4) is 0 Å². The first kappa shape index (κ1) is 8.97. The molecule has 3 nitrogen and oxygen atoms in total. The van der Waals surface area contributed by atoms with E-state index < -0.39 is 0 Å². The molecule has 0 saturated carbocycles. The summed E-state index contributed by atoms with van der Waals surface area (Å²) in [4.78, 5) is 2.12. The van der Waals surface area contributed by atoms with E-state index in [0.717, 1.165) is 25.2 Å². The van der Waals surface area contributed by atoms with Crippen molar-refractivity contribution >= 4 is 12.1 Å². The van der Waals surface area contributed by atoms with Gasteiger partial charge in [0.1, 0.15) is 5.84 Å². The predicted molar refractivity (Wildman–Crippen MR) is 52.6 cm³/mol. The normalized spacial score (nSPS) is 16.7. The van der Waals surface area contributed by atoms with Gasteiger partial charge in [-0.15, -0.1) is 5.10 Å². The molecule has 0 bridgehead atoms. The van der Waals surface area contributed by atoms with Crippen molar-refractivity contribution < 1.29 is 0 Å². The summed E-state index contributed by atoms with van der Waals surface area (Å²) in [6.45, 7) is 3.10. The van der Waals surface area contributed by atoms with Gasteiger partial charge in [-0.25, -0.2) is 0 Å². The van der Waals surface area contributed by atoms with Gasteiger partial charge in [-0.1, -0.05) is 6.08 Å². The minimum absolute atomic E-state index is 0.984. The molecule has 0 aromatic rings. The first-order valence-electron chi connectivity index (χ1n) is 4.30. The van der Waals surface area contributed by atoms with Crippen LogP contribution in [0.1, 0.15) is 19.8 Å². The van der Waals surface area contributed by atoms with Gasteiger partial charge in [-0.2, -0.15) is 5.10 Å². The molecule has 0 atom stereocenters. The molecule has 0 radical (unpaired) electrons. The van der Waals surface area contributed by atoms with E-state index in [2.05, 4.69) is 28.1 Å². The smallest absolute Gasteiger partial charge is 0.127 e. The van der Waals surface area contributed by atoms with Gasteiger partial charge in [0.15, 0.2) is 0 Å². The van der Waals surface area contributed by atoms with Crippen LogP contribution in [0.4, 0.5) is 0 Å². The summed E-state index contributed by atoms with van der Waals surface area (Å²) in [5.41, 5.74) is 0. The first-order chi connectivity index (χ1) is 5.84. The van der Waals surface area contributed by atoms with Gasteiger partial charge < -0.3 is 4.90 Å². The maximum absolute atomic E-state index is 4.11. The van der Waals surface area contributed by atoms with E-state index >= 15 is 0 Å². The number of amidine groups is 1. The monoisotopic (exact) mass is 165 g/mol. The fourth-order valence-corrected chi connectivity index (χ4v) is 1.01. The SMILES string of the molecule is CCN(C)C1=NN=CC=CCC1. The lowest BCUT2D eigenvalue weighted by molar-refractivity contribution is 0.519. The Morgan fingerprint density at radius 2 is 2.42 bits per heavy atom. The van der Waals surface area contributed by atoms with Gasteiger partial charge in [0.25, 0.3) is 0 Å². The molecule has 0 aromatic heterocycles. The summed E-state index contributed by atoms with van der Waals surface area (Å²) < 4.78 is 0. The van der Waals surface area contributed by atoms with Crippen molar-refractivity contribution in [2.75, 3.05) is 13.6 Å². The quantitative estimate of drug-likeness (QED) is 0.581. The molecule has 0 unspecified atom stereocenters. The lowest BCUT2D eigenvalue weighted by atomic mass is 10.2. The number of hydrogen-bond donors (Lipinski definition) is 0. The fourth-order valence-electron chi connectivity index (χ4n) is 1.01. The Bertz CT molecular complexity index is 216. The number of nitrogens with zero attached hydrogens (tertiary/aromatic N) is 3. The maximum Gasteiger partial charge on any atom is 0.127 e. The van der Waals surface area contributed by atoms with Crippen molar-refractivity contribution in [2.45, 2.75) is 19.8 Å². The highest BCUT2D eigenvalue weighted by Crippen LogP contribution is 2.01. The topological polar surface area (TPSA) is 28.0 Å². The number of rotatable bonds is 1. The molecule has 0 fully saturated rings. The van der Waals surface area contributed by atoms with Crippen LogP contribution < -0.4 is 0 Å². The molecule has 12 heavy (non-hydrogen) atoms. The molecule has 66 valence electrons. The Labute approximate surface area is 73.5 Å². The zero-order valence-corrected chi connectivity index (χ0v) is 7.70. The van der Waals surface area contributed by atoms with Crippen LogP contribution in [-0.2, 0) is 0 Å². The Hall–Kier alpha value is -1.12. The molecule has 1 aliphatic rings. The first-order valence-corrected chi connectivity index (χ1v) is 4.30. The van der Waals surface area contributed by atoms with E-state index in [1.54, 1.807) is 6.21 Å². The van der Waals surface area contributed by atoms with E-state index in [-0.39, 0.29) is 0 Å². The van der Waals surface area contributed by atoms with Crippen molar-refractivity contribution in [2.24, 2.45) is 10.2 Å². The van der Waals surface area contributed by atoms with Gasteiger partial charge >= 0.3 is 0 Å². The van der Waals surface area contributed by atoms with Crippen LogP contribution in [0, 0.1) is 0 Å². The van der Waals surface area contributed by atoms with Gasteiger partial charge in [0.2, 0.25) is 0 Å². The average molecular weight is 165 g/mol. The third-order valence-electron chi connectivity index (χ3n) is 1.91. The summed E-state index contributed by atoms with van der Waals surface area (Å²) in [5.74, 6) is 1.07. The lowest BCUT2D eigenvalue weighted by Crippen LogP contribution is -2.26.